The van der Waals surface area contributed by atoms with Crippen molar-refractivity contribution in [3.05, 3.63) is 86.3 Å². The molecule has 31 heavy (non-hydrogen) atoms. The van der Waals surface area contributed by atoms with Crippen LogP contribution in [0.4, 0.5) is 0 Å². The highest BCUT2D eigenvalue weighted by molar-refractivity contribution is 6.31. The summed E-state index contributed by atoms with van der Waals surface area (Å²) in [7, 11) is 1.58. The van der Waals surface area contributed by atoms with Crippen LogP contribution in [0.15, 0.2) is 64.4 Å². The number of nitrogens with zero attached hydrogens (tertiary/aromatic N) is 4. The van der Waals surface area contributed by atoms with Crippen molar-refractivity contribution in [2.24, 2.45) is 5.92 Å². The van der Waals surface area contributed by atoms with Crippen LogP contribution in [0.3, 0.4) is 0 Å². The Bertz CT molecular complexity index is 1350. The van der Waals surface area contributed by atoms with E-state index in [9.17, 15) is 9.59 Å². The minimum Gasteiger partial charge on any atom is -0.497 e. The third-order valence-corrected chi connectivity index (χ3v) is 5.45. The molecule has 2 aromatic carbocycles. The summed E-state index contributed by atoms with van der Waals surface area (Å²) in [5, 5.41) is 0.607. The van der Waals surface area contributed by atoms with E-state index in [1.165, 1.54) is 9.13 Å². The lowest BCUT2D eigenvalue weighted by Gasteiger charge is -2.14. The lowest BCUT2D eigenvalue weighted by Crippen LogP contribution is -2.41. The average Bonchev–Trinajstić information content (AvgIpc) is 3.16. The minimum atomic E-state index is -0.417. The molecule has 0 amide bonds. The molecule has 0 N–H and O–H groups in total. The standard InChI is InChI=1S/C23H23ClN4O3/c1-15(2)12-27-22(29)20-21(25-14-26(20)13-16-6-4-5-7-19(16)24)28(23(27)30)17-8-10-18(31-3)11-9-17/h4-11,14-15H,12-13H2,1-3H3. The molecular weight excluding hydrogens is 416 g/mol. The van der Waals surface area contributed by atoms with E-state index in [2.05, 4.69) is 4.98 Å². The average molecular weight is 439 g/mol. The maximum atomic E-state index is 13.4. The van der Waals surface area contributed by atoms with Gasteiger partial charge in [-0.05, 0) is 41.8 Å². The first-order valence-electron chi connectivity index (χ1n) is 9.99. The highest BCUT2D eigenvalue weighted by atomic mass is 35.5. The normalized spacial score (nSPS) is 11.4. The van der Waals surface area contributed by atoms with E-state index in [0.717, 1.165) is 5.56 Å². The molecule has 0 aliphatic carbocycles. The van der Waals surface area contributed by atoms with Crippen LogP contribution in [0.1, 0.15) is 19.4 Å². The zero-order valence-electron chi connectivity index (χ0n) is 17.6. The predicted molar refractivity (Wildman–Crippen MR) is 122 cm³/mol. The van der Waals surface area contributed by atoms with E-state index in [1.807, 2.05) is 32.0 Å². The number of rotatable bonds is 6. The van der Waals surface area contributed by atoms with E-state index in [-0.39, 0.29) is 11.5 Å². The van der Waals surface area contributed by atoms with Crippen molar-refractivity contribution in [1.29, 1.82) is 0 Å². The first-order chi connectivity index (χ1) is 14.9. The number of hydrogen-bond donors (Lipinski definition) is 0. The summed E-state index contributed by atoms with van der Waals surface area (Å²) in [4.78, 5) is 31.1. The fourth-order valence-corrected chi connectivity index (χ4v) is 3.80. The molecule has 2 aromatic heterocycles. The molecule has 0 saturated heterocycles. The van der Waals surface area contributed by atoms with Gasteiger partial charge in [0.25, 0.3) is 5.56 Å². The first-order valence-corrected chi connectivity index (χ1v) is 10.4. The number of fused-ring (bicyclic) bond motifs is 1. The topological polar surface area (TPSA) is 71.1 Å². The molecule has 0 spiro atoms. The molecule has 7 nitrogen and oxygen atoms in total. The molecule has 0 aliphatic rings. The van der Waals surface area contributed by atoms with Crippen LogP contribution in [-0.4, -0.2) is 25.8 Å². The summed E-state index contributed by atoms with van der Waals surface area (Å²) in [6, 6.07) is 14.5. The van der Waals surface area contributed by atoms with Gasteiger partial charge in [0.2, 0.25) is 0 Å². The van der Waals surface area contributed by atoms with Gasteiger partial charge in [-0.3, -0.25) is 9.36 Å². The van der Waals surface area contributed by atoms with E-state index in [1.54, 1.807) is 48.3 Å². The fourth-order valence-electron chi connectivity index (χ4n) is 3.60. The van der Waals surface area contributed by atoms with Gasteiger partial charge in [-0.2, -0.15) is 0 Å². The zero-order chi connectivity index (χ0) is 22.1. The predicted octanol–water partition coefficient (Wildman–Crippen LogP) is 3.72. The molecular formula is C23H23ClN4O3. The van der Waals surface area contributed by atoms with E-state index in [0.29, 0.717) is 40.7 Å². The van der Waals surface area contributed by atoms with Crippen LogP contribution in [0.5, 0.6) is 5.75 Å². The minimum absolute atomic E-state index is 0.118. The van der Waals surface area contributed by atoms with E-state index < -0.39 is 5.69 Å². The summed E-state index contributed by atoms with van der Waals surface area (Å²) >= 11 is 6.33. The van der Waals surface area contributed by atoms with Crippen LogP contribution >= 0.6 is 11.6 Å². The number of benzene rings is 2. The van der Waals surface area contributed by atoms with Crippen molar-refractivity contribution in [2.75, 3.05) is 7.11 Å². The van der Waals surface area contributed by atoms with Crippen molar-refractivity contribution in [1.82, 2.24) is 18.7 Å². The third kappa shape index (κ3) is 3.88. The number of methoxy groups -OCH3 is 1. The van der Waals surface area contributed by atoms with Crippen LogP contribution in [-0.2, 0) is 13.1 Å². The highest BCUT2D eigenvalue weighted by Gasteiger charge is 2.20. The van der Waals surface area contributed by atoms with Gasteiger partial charge in [0.1, 0.15) is 5.75 Å². The van der Waals surface area contributed by atoms with Crippen molar-refractivity contribution >= 4 is 22.8 Å². The van der Waals surface area contributed by atoms with Gasteiger partial charge in [-0.25, -0.2) is 14.3 Å². The largest absolute Gasteiger partial charge is 0.497 e. The molecule has 4 rings (SSSR count). The maximum absolute atomic E-state index is 13.4. The third-order valence-electron chi connectivity index (χ3n) is 5.08. The van der Waals surface area contributed by atoms with E-state index in [4.69, 9.17) is 16.3 Å². The number of aromatic nitrogens is 4. The Balaban J connectivity index is 1.98. The summed E-state index contributed by atoms with van der Waals surface area (Å²) in [6.07, 6.45) is 1.58. The molecule has 0 atom stereocenters. The van der Waals surface area contributed by atoms with Gasteiger partial charge in [-0.15, -0.1) is 0 Å². The Morgan fingerprint density at radius 1 is 1.06 bits per heavy atom. The summed E-state index contributed by atoms with van der Waals surface area (Å²) in [6.45, 7) is 4.61. The SMILES string of the molecule is COc1ccc(-n2c(=O)n(CC(C)C)c(=O)c3c2ncn3Cc2ccccc2Cl)cc1. The molecule has 4 aromatic rings. The van der Waals surface area contributed by atoms with Crippen molar-refractivity contribution in [2.45, 2.75) is 26.9 Å². The molecule has 2 heterocycles. The Morgan fingerprint density at radius 3 is 2.42 bits per heavy atom. The van der Waals surface area contributed by atoms with Gasteiger partial charge in [-0.1, -0.05) is 43.6 Å². The van der Waals surface area contributed by atoms with Gasteiger partial charge in [0.05, 0.1) is 25.7 Å². The summed E-state index contributed by atoms with van der Waals surface area (Å²) < 4.78 is 9.72. The monoisotopic (exact) mass is 438 g/mol. The molecule has 0 bridgehead atoms. The molecule has 0 fully saturated rings. The Morgan fingerprint density at radius 2 is 1.77 bits per heavy atom. The molecule has 0 saturated carbocycles. The molecule has 0 radical (unpaired) electrons. The van der Waals surface area contributed by atoms with Crippen molar-refractivity contribution in [3.8, 4) is 11.4 Å². The van der Waals surface area contributed by atoms with Crippen molar-refractivity contribution in [3.63, 3.8) is 0 Å². The Labute approximate surface area is 184 Å². The molecule has 0 aliphatic heterocycles. The summed E-state index contributed by atoms with van der Waals surface area (Å²) in [5.41, 5.74) is 1.36. The second-order valence-corrected chi connectivity index (χ2v) is 8.17. The lowest BCUT2D eigenvalue weighted by atomic mass is 10.2. The smallest absolute Gasteiger partial charge is 0.337 e. The molecule has 8 heteroatoms. The fraction of sp³-hybridized carbons (Fsp3) is 0.261. The van der Waals surface area contributed by atoms with Crippen molar-refractivity contribution < 1.29 is 4.74 Å². The Kier molecular flexibility index (Phi) is 5.69. The van der Waals surface area contributed by atoms with Gasteiger partial charge >= 0.3 is 5.69 Å². The molecule has 160 valence electrons. The van der Waals surface area contributed by atoms with Crippen LogP contribution in [0.25, 0.3) is 16.9 Å². The zero-order valence-corrected chi connectivity index (χ0v) is 18.3. The van der Waals surface area contributed by atoms with Crippen LogP contribution < -0.4 is 16.0 Å². The highest BCUT2D eigenvalue weighted by Crippen LogP contribution is 2.20. The number of halogens is 1. The van der Waals surface area contributed by atoms with E-state index >= 15 is 0 Å². The van der Waals surface area contributed by atoms with Gasteiger partial charge in [0.15, 0.2) is 11.2 Å². The number of ether oxygens (including phenoxy) is 1. The molecule has 0 unspecified atom stereocenters. The summed E-state index contributed by atoms with van der Waals surface area (Å²) in [5.74, 6) is 0.792. The maximum Gasteiger partial charge on any atom is 0.337 e. The van der Waals surface area contributed by atoms with Gasteiger partial charge < -0.3 is 9.30 Å². The second-order valence-electron chi connectivity index (χ2n) is 7.76. The Hall–Kier alpha value is -3.32. The quantitative estimate of drug-likeness (QED) is 0.460. The second kappa shape index (κ2) is 8.43. The van der Waals surface area contributed by atoms with Crippen LogP contribution in [0, 0.1) is 5.92 Å². The lowest BCUT2D eigenvalue weighted by molar-refractivity contribution is 0.414. The number of imidazole rings is 1. The van der Waals surface area contributed by atoms with Crippen LogP contribution in [0.2, 0.25) is 5.02 Å². The first kappa shape index (κ1) is 20.9. The number of hydrogen-bond acceptors (Lipinski definition) is 4. The van der Waals surface area contributed by atoms with Gasteiger partial charge in [0, 0.05) is 11.6 Å².